The van der Waals surface area contributed by atoms with Gasteiger partial charge in [-0.25, -0.2) is 12.8 Å². The summed E-state index contributed by atoms with van der Waals surface area (Å²) in [7, 11) is -4.51. The van der Waals surface area contributed by atoms with Crippen molar-refractivity contribution in [3.63, 3.8) is 0 Å². The van der Waals surface area contributed by atoms with E-state index in [1.807, 2.05) is 0 Å². The summed E-state index contributed by atoms with van der Waals surface area (Å²) in [6.07, 6.45) is -4.82. The van der Waals surface area contributed by atoms with Gasteiger partial charge in [0.1, 0.15) is 5.82 Å². The number of alkyl halides is 3. The molecule has 0 saturated heterocycles. The number of benzene rings is 2. The molecule has 0 amide bonds. The largest absolute Gasteiger partial charge is 0.417 e. The molecule has 0 aliphatic rings. The van der Waals surface area contributed by atoms with Crippen LogP contribution in [0.15, 0.2) is 70.9 Å². The second-order valence-electron chi connectivity index (χ2n) is 5.62. The van der Waals surface area contributed by atoms with E-state index >= 15 is 0 Å². The monoisotopic (exact) mass is 415 g/mol. The highest BCUT2D eigenvalue weighted by Gasteiger charge is 2.37. The summed E-state index contributed by atoms with van der Waals surface area (Å²) in [4.78, 5) is -0.296. The first-order valence-corrected chi connectivity index (χ1v) is 10.0. The van der Waals surface area contributed by atoms with E-state index in [1.165, 1.54) is 29.5 Å². The first-order valence-electron chi connectivity index (χ1n) is 7.66. The van der Waals surface area contributed by atoms with Crippen molar-refractivity contribution in [1.29, 1.82) is 0 Å². The lowest BCUT2D eigenvalue weighted by Crippen LogP contribution is -2.30. The third kappa shape index (κ3) is 4.37. The van der Waals surface area contributed by atoms with Crippen molar-refractivity contribution in [2.45, 2.75) is 17.1 Å². The Labute approximate surface area is 157 Å². The van der Waals surface area contributed by atoms with Gasteiger partial charge in [0.05, 0.1) is 16.5 Å². The van der Waals surface area contributed by atoms with E-state index in [0.717, 1.165) is 24.3 Å². The van der Waals surface area contributed by atoms with E-state index in [1.54, 1.807) is 17.5 Å². The van der Waals surface area contributed by atoms with Gasteiger partial charge in [-0.1, -0.05) is 30.3 Å². The minimum absolute atomic E-state index is 0.409. The molecule has 1 heterocycles. The van der Waals surface area contributed by atoms with Crippen LogP contribution in [0.5, 0.6) is 0 Å². The van der Waals surface area contributed by atoms with Crippen LogP contribution in [-0.2, 0) is 16.2 Å². The lowest BCUT2D eigenvalue weighted by atomic mass is 10.1. The third-order valence-corrected chi connectivity index (χ3v) is 6.20. The summed E-state index contributed by atoms with van der Waals surface area (Å²) >= 11 is 1.23. The topological polar surface area (TPSA) is 46.2 Å². The van der Waals surface area contributed by atoms with Gasteiger partial charge in [-0.2, -0.15) is 17.9 Å². The van der Waals surface area contributed by atoms with Gasteiger partial charge in [0.25, 0.3) is 0 Å². The van der Waals surface area contributed by atoms with Gasteiger partial charge in [-0.3, -0.25) is 0 Å². The molecule has 1 atom stereocenters. The first-order chi connectivity index (χ1) is 12.7. The molecule has 3 rings (SSSR count). The summed E-state index contributed by atoms with van der Waals surface area (Å²) in [6, 6.07) is 11.5. The maximum atomic E-state index is 13.2. The van der Waals surface area contributed by atoms with Crippen LogP contribution in [0.2, 0.25) is 0 Å². The highest BCUT2D eigenvalue weighted by molar-refractivity contribution is 7.89. The van der Waals surface area contributed by atoms with E-state index in [0.29, 0.717) is 16.5 Å². The molecule has 0 aliphatic heterocycles. The molecular formula is C18H13F4NO2S2. The molecule has 1 aromatic heterocycles. The van der Waals surface area contributed by atoms with Crippen LogP contribution >= 0.6 is 11.3 Å². The summed E-state index contributed by atoms with van der Waals surface area (Å²) in [5, 5.41) is 1.71. The van der Waals surface area contributed by atoms with Crippen molar-refractivity contribution in [1.82, 2.24) is 4.72 Å². The van der Waals surface area contributed by atoms with Gasteiger partial charge < -0.3 is 0 Å². The average molecular weight is 415 g/mol. The van der Waals surface area contributed by atoms with Crippen molar-refractivity contribution < 1.29 is 26.0 Å². The second-order valence-corrected chi connectivity index (χ2v) is 8.28. The zero-order valence-corrected chi connectivity index (χ0v) is 15.2. The summed E-state index contributed by atoms with van der Waals surface area (Å²) in [5.41, 5.74) is -0.839. The van der Waals surface area contributed by atoms with E-state index in [-0.39, 0.29) is 0 Å². The van der Waals surface area contributed by atoms with Crippen LogP contribution in [0.3, 0.4) is 0 Å². The quantitative estimate of drug-likeness (QED) is 0.598. The Hall–Kier alpha value is -2.23. The summed E-state index contributed by atoms with van der Waals surface area (Å²) < 4.78 is 80.7. The fourth-order valence-electron chi connectivity index (χ4n) is 2.55. The Morgan fingerprint density at radius 3 is 2.19 bits per heavy atom. The van der Waals surface area contributed by atoms with E-state index < -0.39 is 38.5 Å². The predicted molar refractivity (Wildman–Crippen MR) is 94.3 cm³/mol. The number of nitrogens with one attached hydrogen (secondary N) is 1. The van der Waals surface area contributed by atoms with Crippen molar-refractivity contribution in [2.24, 2.45) is 0 Å². The van der Waals surface area contributed by atoms with Crippen molar-refractivity contribution >= 4 is 21.4 Å². The number of hydrogen-bond acceptors (Lipinski definition) is 3. The molecule has 1 unspecified atom stereocenters. The molecule has 1 N–H and O–H groups in total. The highest BCUT2D eigenvalue weighted by atomic mass is 32.2. The smallest absolute Gasteiger partial charge is 0.207 e. The molecule has 9 heteroatoms. The minimum atomic E-state index is -4.82. The lowest BCUT2D eigenvalue weighted by Gasteiger charge is -2.20. The Morgan fingerprint density at radius 2 is 1.59 bits per heavy atom. The Kier molecular flexibility index (Phi) is 5.36. The number of rotatable bonds is 5. The zero-order valence-electron chi connectivity index (χ0n) is 13.6. The van der Waals surface area contributed by atoms with Crippen molar-refractivity contribution in [3.05, 3.63) is 87.9 Å². The Morgan fingerprint density at radius 1 is 0.926 bits per heavy atom. The van der Waals surface area contributed by atoms with E-state index in [9.17, 15) is 26.0 Å². The molecule has 0 aliphatic carbocycles. The van der Waals surface area contributed by atoms with Gasteiger partial charge in [0, 0.05) is 4.88 Å². The van der Waals surface area contributed by atoms with E-state index in [2.05, 4.69) is 4.72 Å². The average Bonchev–Trinajstić information content (AvgIpc) is 3.14. The molecule has 0 spiro atoms. The highest BCUT2D eigenvalue weighted by Crippen LogP contribution is 2.35. The van der Waals surface area contributed by atoms with Crippen LogP contribution in [-0.4, -0.2) is 8.42 Å². The second kappa shape index (κ2) is 7.41. The first kappa shape index (κ1) is 19.5. The molecule has 142 valence electrons. The number of hydrogen-bond donors (Lipinski definition) is 1. The minimum Gasteiger partial charge on any atom is -0.207 e. The van der Waals surface area contributed by atoms with Crippen LogP contribution < -0.4 is 4.72 Å². The van der Waals surface area contributed by atoms with Crippen LogP contribution in [0, 0.1) is 5.82 Å². The maximum absolute atomic E-state index is 13.2. The molecule has 0 fully saturated rings. The number of halogens is 4. The van der Waals surface area contributed by atoms with Gasteiger partial charge >= 0.3 is 6.18 Å². The van der Waals surface area contributed by atoms with Crippen LogP contribution in [0.25, 0.3) is 0 Å². The molecular weight excluding hydrogens is 402 g/mol. The molecule has 3 aromatic rings. The SMILES string of the molecule is O=S(=O)(NC(c1ccc(F)cc1)c1cccs1)c1ccccc1C(F)(F)F. The Balaban J connectivity index is 2.05. The summed E-state index contributed by atoms with van der Waals surface area (Å²) in [6.45, 7) is 0. The molecule has 27 heavy (non-hydrogen) atoms. The van der Waals surface area contributed by atoms with Gasteiger partial charge in [-0.15, -0.1) is 11.3 Å². The fourth-order valence-corrected chi connectivity index (χ4v) is 4.86. The van der Waals surface area contributed by atoms with Gasteiger partial charge in [0.15, 0.2) is 0 Å². The van der Waals surface area contributed by atoms with Crippen LogP contribution in [0.4, 0.5) is 17.6 Å². The molecule has 3 nitrogen and oxygen atoms in total. The standard InChI is InChI=1S/C18H13F4NO2S2/c19-13-9-7-12(8-10-13)17(15-5-3-11-26-15)23-27(24,25)16-6-2-1-4-14(16)18(20,21)22/h1-11,17,23H. The van der Waals surface area contributed by atoms with Gasteiger partial charge in [-0.05, 0) is 41.3 Å². The molecule has 0 radical (unpaired) electrons. The number of thiophene rings is 1. The molecule has 2 aromatic carbocycles. The normalized spacial score (nSPS) is 13.5. The van der Waals surface area contributed by atoms with E-state index in [4.69, 9.17) is 0 Å². The third-order valence-electron chi connectivity index (χ3n) is 3.79. The molecule has 0 saturated carbocycles. The Bertz CT molecular complexity index is 1010. The predicted octanol–water partition coefficient (Wildman–Crippen LogP) is 4.97. The zero-order chi connectivity index (χ0) is 19.7. The van der Waals surface area contributed by atoms with Gasteiger partial charge in [0.2, 0.25) is 10.0 Å². The fraction of sp³-hybridized carbons (Fsp3) is 0.111. The number of sulfonamides is 1. The lowest BCUT2D eigenvalue weighted by molar-refractivity contribution is -0.139. The summed E-state index contributed by atoms with van der Waals surface area (Å²) in [5.74, 6) is -0.506. The van der Waals surface area contributed by atoms with Crippen molar-refractivity contribution in [3.8, 4) is 0 Å². The van der Waals surface area contributed by atoms with Crippen LogP contribution in [0.1, 0.15) is 22.0 Å². The maximum Gasteiger partial charge on any atom is 0.417 e. The molecule has 0 bridgehead atoms. The van der Waals surface area contributed by atoms with Crippen molar-refractivity contribution in [2.75, 3.05) is 0 Å².